The van der Waals surface area contributed by atoms with E-state index in [-0.39, 0.29) is 0 Å². The molecule has 21 heavy (non-hydrogen) atoms. The highest BCUT2D eigenvalue weighted by Gasteiger charge is 2.32. The smallest absolute Gasteiger partial charge is 0.0891 e. The Morgan fingerprint density at radius 1 is 1.33 bits per heavy atom. The molecule has 2 atom stereocenters. The fourth-order valence-electron chi connectivity index (χ4n) is 3.50. The summed E-state index contributed by atoms with van der Waals surface area (Å²) in [4.78, 5) is 4.51. The number of nitrogens with one attached hydrogen (secondary N) is 1. The molecule has 1 saturated carbocycles. The lowest BCUT2D eigenvalue weighted by Gasteiger charge is -2.38. The minimum atomic E-state index is 0.381. The van der Waals surface area contributed by atoms with Crippen LogP contribution in [0.1, 0.15) is 58.2 Å². The van der Waals surface area contributed by atoms with Crippen LogP contribution in [-0.4, -0.2) is 17.6 Å². The molecule has 3 heteroatoms. The van der Waals surface area contributed by atoms with Crippen molar-refractivity contribution in [1.82, 2.24) is 10.3 Å². The van der Waals surface area contributed by atoms with Crippen LogP contribution in [0.3, 0.4) is 0 Å². The van der Waals surface area contributed by atoms with Gasteiger partial charge in [-0.15, -0.1) is 0 Å². The molecule has 3 nitrogen and oxygen atoms in total. The minimum absolute atomic E-state index is 0.381. The Kier molecular flexibility index (Phi) is 5.77. The second kappa shape index (κ2) is 7.37. The van der Waals surface area contributed by atoms with Crippen LogP contribution in [-0.2, 0) is 17.9 Å². The van der Waals surface area contributed by atoms with Gasteiger partial charge in [0, 0.05) is 12.7 Å². The summed E-state index contributed by atoms with van der Waals surface area (Å²) in [6.45, 7) is 11.7. The lowest BCUT2D eigenvalue weighted by molar-refractivity contribution is -0.0326. The number of nitrogens with zero attached hydrogens (tertiary/aromatic N) is 1. The van der Waals surface area contributed by atoms with Gasteiger partial charge in [0.15, 0.2) is 0 Å². The zero-order valence-corrected chi connectivity index (χ0v) is 14.0. The van der Waals surface area contributed by atoms with Crippen molar-refractivity contribution in [2.45, 2.75) is 66.2 Å². The Balaban J connectivity index is 1.82. The summed E-state index contributed by atoms with van der Waals surface area (Å²) in [5, 5.41) is 3.31. The number of pyridine rings is 1. The Bertz CT molecular complexity index is 427. The van der Waals surface area contributed by atoms with Gasteiger partial charge >= 0.3 is 0 Å². The van der Waals surface area contributed by atoms with Gasteiger partial charge in [-0.25, -0.2) is 0 Å². The van der Waals surface area contributed by atoms with Crippen molar-refractivity contribution in [2.24, 2.45) is 11.3 Å². The van der Waals surface area contributed by atoms with Crippen LogP contribution in [0.2, 0.25) is 0 Å². The third-order valence-electron chi connectivity index (χ3n) is 4.28. The lowest BCUT2D eigenvalue weighted by atomic mass is 9.71. The van der Waals surface area contributed by atoms with Gasteiger partial charge < -0.3 is 10.1 Å². The van der Waals surface area contributed by atoms with Crippen LogP contribution in [0.4, 0.5) is 0 Å². The van der Waals surface area contributed by atoms with E-state index in [1.165, 1.54) is 18.4 Å². The molecule has 0 bridgehead atoms. The summed E-state index contributed by atoms with van der Waals surface area (Å²) >= 11 is 0. The van der Waals surface area contributed by atoms with Gasteiger partial charge in [-0.05, 0) is 48.8 Å². The Hall–Kier alpha value is -0.930. The highest BCUT2D eigenvalue weighted by molar-refractivity contribution is 5.13. The molecule has 2 unspecified atom stereocenters. The summed E-state index contributed by atoms with van der Waals surface area (Å²) in [6, 6.07) is 4.23. The van der Waals surface area contributed by atoms with Crippen molar-refractivity contribution >= 4 is 0 Å². The first-order valence-electron chi connectivity index (χ1n) is 8.24. The minimum Gasteiger partial charge on any atom is -0.372 e. The maximum Gasteiger partial charge on any atom is 0.0891 e. The normalized spacial score (nSPS) is 25.0. The summed E-state index contributed by atoms with van der Waals surface area (Å²) in [5.74, 6) is 0.759. The monoisotopic (exact) mass is 290 g/mol. The Labute approximate surface area is 129 Å². The molecule has 0 spiro atoms. The van der Waals surface area contributed by atoms with Crippen molar-refractivity contribution in [1.29, 1.82) is 0 Å². The van der Waals surface area contributed by atoms with Crippen LogP contribution in [0, 0.1) is 11.3 Å². The second-order valence-corrected chi connectivity index (χ2v) is 7.28. The van der Waals surface area contributed by atoms with E-state index in [1.807, 2.05) is 6.20 Å². The molecule has 0 aliphatic heterocycles. The van der Waals surface area contributed by atoms with Gasteiger partial charge in [0.1, 0.15) is 0 Å². The summed E-state index contributed by atoms with van der Waals surface area (Å²) in [6.07, 6.45) is 5.99. The van der Waals surface area contributed by atoms with E-state index < -0.39 is 0 Å². The van der Waals surface area contributed by atoms with Crippen LogP contribution >= 0.6 is 0 Å². The fraction of sp³-hybridized carbons (Fsp3) is 0.722. The van der Waals surface area contributed by atoms with Crippen LogP contribution in [0.15, 0.2) is 18.3 Å². The highest BCUT2D eigenvalue weighted by atomic mass is 16.5. The molecule has 1 aromatic rings. The number of hydrogen-bond donors (Lipinski definition) is 1. The third kappa shape index (κ3) is 5.40. The first-order chi connectivity index (χ1) is 9.98. The quantitative estimate of drug-likeness (QED) is 0.862. The van der Waals surface area contributed by atoms with E-state index >= 15 is 0 Å². The summed E-state index contributed by atoms with van der Waals surface area (Å²) in [5.41, 5.74) is 2.67. The molecule has 0 radical (unpaired) electrons. The molecule has 1 aromatic heterocycles. The topological polar surface area (TPSA) is 34.1 Å². The van der Waals surface area contributed by atoms with E-state index in [0.29, 0.717) is 18.1 Å². The van der Waals surface area contributed by atoms with Crippen LogP contribution in [0.25, 0.3) is 0 Å². The number of rotatable bonds is 6. The van der Waals surface area contributed by atoms with Crippen molar-refractivity contribution in [3.63, 3.8) is 0 Å². The first kappa shape index (κ1) is 16.4. The second-order valence-electron chi connectivity index (χ2n) is 7.28. The SMILES string of the molecule is CCNCc1ccc(COC2CC(C)CC(C)(C)C2)nc1. The van der Waals surface area contributed by atoms with E-state index in [1.54, 1.807) is 0 Å². The molecule has 1 N–H and O–H groups in total. The molecule has 1 aliphatic rings. The summed E-state index contributed by atoms with van der Waals surface area (Å²) < 4.78 is 6.12. The van der Waals surface area contributed by atoms with Crippen molar-refractivity contribution < 1.29 is 4.74 Å². The van der Waals surface area contributed by atoms with Crippen molar-refractivity contribution in [2.75, 3.05) is 6.54 Å². The zero-order chi connectivity index (χ0) is 15.3. The van der Waals surface area contributed by atoms with Gasteiger partial charge in [-0.3, -0.25) is 4.98 Å². The Morgan fingerprint density at radius 2 is 2.14 bits per heavy atom. The number of aromatic nitrogens is 1. The average Bonchev–Trinajstić information content (AvgIpc) is 2.42. The average molecular weight is 290 g/mol. The molecule has 1 fully saturated rings. The van der Waals surface area contributed by atoms with Gasteiger partial charge in [-0.1, -0.05) is 33.8 Å². The fourth-order valence-corrected chi connectivity index (χ4v) is 3.50. The molecule has 1 aliphatic carbocycles. The maximum absolute atomic E-state index is 6.12. The van der Waals surface area contributed by atoms with E-state index in [2.05, 4.69) is 50.1 Å². The third-order valence-corrected chi connectivity index (χ3v) is 4.28. The van der Waals surface area contributed by atoms with E-state index in [9.17, 15) is 0 Å². The highest BCUT2D eigenvalue weighted by Crippen LogP contribution is 2.39. The van der Waals surface area contributed by atoms with Gasteiger partial charge in [0.05, 0.1) is 18.4 Å². The molecule has 2 rings (SSSR count). The van der Waals surface area contributed by atoms with Crippen LogP contribution < -0.4 is 5.32 Å². The van der Waals surface area contributed by atoms with E-state index in [4.69, 9.17) is 4.74 Å². The number of hydrogen-bond acceptors (Lipinski definition) is 3. The Morgan fingerprint density at radius 3 is 2.76 bits per heavy atom. The van der Waals surface area contributed by atoms with Crippen molar-refractivity contribution in [3.05, 3.63) is 29.6 Å². The molecule has 0 amide bonds. The van der Waals surface area contributed by atoms with Crippen LogP contribution in [0.5, 0.6) is 0 Å². The molecular formula is C18H30N2O. The van der Waals surface area contributed by atoms with Gasteiger partial charge in [0.25, 0.3) is 0 Å². The van der Waals surface area contributed by atoms with Gasteiger partial charge in [0.2, 0.25) is 0 Å². The molecular weight excluding hydrogens is 260 g/mol. The van der Waals surface area contributed by atoms with Crippen molar-refractivity contribution in [3.8, 4) is 0 Å². The molecule has 118 valence electrons. The lowest BCUT2D eigenvalue weighted by Crippen LogP contribution is -2.32. The first-order valence-corrected chi connectivity index (χ1v) is 8.24. The zero-order valence-electron chi connectivity index (χ0n) is 14.0. The molecule has 1 heterocycles. The summed E-state index contributed by atoms with van der Waals surface area (Å²) in [7, 11) is 0. The van der Waals surface area contributed by atoms with E-state index in [0.717, 1.165) is 31.1 Å². The standard InChI is InChI=1S/C18H30N2O/c1-5-19-11-15-6-7-16(20-12-15)13-21-17-8-14(2)9-18(3,4)10-17/h6-7,12,14,17,19H,5,8-11,13H2,1-4H3. The molecule has 0 saturated heterocycles. The van der Waals surface area contributed by atoms with Gasteiger partial charge in [-0.2, -0.15) is 0 Å². The maximum atomic E-state index is 6.12. The molecule has 0 aromatic carbocycles. The predicted octanol–water partition coefficient (Wildman–Crippen LogP) is 3.92. The number of ether oxygens (including phenoxy) is 1. The largest absolute Gasteiger partial charge is 0.372 e. The predicted molar refractivity (Wildman–Crippen MR) is 87.0 cm³/mol.